The normalized spacial score (nSPS) is 18.4. The minimum Gasteiger partial charge on any atom is -0.326 e. The van der Waals surface area contributed by atoms with Gasteiger partial charge in [0.2, 0.25) is 5.91 Å². The Morgan fingerprint density at radius 1 is 1.53 bits per heavy atom. The second-order valence-electron chi connectivity index (χ2n) is 4.48. The maximum Gasteiger partial charge on any atom is 0.224 e. The molecule has 1 aliphatic carbocycles. The Morgan fingerprint density at radius 2 is 2.35 bits per heavy atom. The highest BCUT2D eigenvalue weighted by Gasteiger charge is 2.14. The predicted octanol–water partition coefficient (Wildman–Crippen LogP) is 3.94. The SMILES string of the molecule is Cc1ccc(NC(=O)C[C@@H]2C=CCC2)cc1Cl. The van der Waals surface area contributed by atoms with E-state index in [9.17, 15) is 4.79 Å². The number of carbonyl (C=O) groups is 1. The minimum absolute atomic E-state index is 0.0569. The largest absolute Gasteiger partial charge is 0.326 e. The van der Waals surface area contributed by atoms with Crippen LogP contribution >= 0.6 is 11.6 Å². The summed E-state index contributed by atoms with van der Waals surface area (Å²) < 4.78 is 0. The van der Waals surface area contributed by atoms with Crippen molar-refractivity contribution in [3.63, 3.8) is 0 Å². The van der Waals surface area contributed by atoms with E-state index in [1.807, 2.05) is 19.1 Å². The molecule has 2 nitrogen and oxygen atoms in total. The van der Waals surface area contributed by atoms with Crippen LogP contribution in [-0.4, -0.2) is 5.91 Å². The number of benzene rings is 1. The van der Waals surface area contributed by atoms with E-state index in [0.29, 0.717) is 17.4 Å². The predicted molar refractivity (Wildman–Crippen MR) is 71.3 cm³/mol. The van der Waals surface area contributed by atoms with Crippen LogP contribution in [0.2, 0.25) is 5.02 Å². The van der Waals surface area contributed by atoms with Crippen LogP contribution in [0.1, 0.15) is 24.8 Å². The molecule has 3 heteroatoms. The lowest BCUT2D eigenvalue weighted by molar-refractivity contribution is -0.116. The molecule has 90 valence electrons. The van der Waals surface area contributed by atoms with E-state index in [1.165, 1.54) is 0 Å². The van der Waals surface area contributed by atoms with Crippen molar-refractivity contribution in [3.05, 3.63) is 40.9 Å². The van der Waals surface area contributed by atoms with Gasteiger partial charge in [0, 0.05) is 17.1 Å². The van der Waals surface area contributed by atoms with Crippen molar-refractivity contribution in [2.24, 2.45) is 5.92 Å². The number of anilines is 1. The Bertz CT molecular complexity index is 454. The lowest BCUT2D eigenvalue weighted by Gasteiger charge is -2.09. The van der Waals surface area contributed by atoms with Crippen molar-refractivity contribution in [1.82, 2.24) is 0 Å². The van der Waals surface area contributed by atoms with Crippen LogP contribution in [0.25, 0.3) is 0 Å². The van der Waals surface area contributed by atoms with Crippen LogP contribution in [0.3, 0.4) is 0 Å². The molecule has 0 heterocycles. The van der Waals surface area contributed by atoms with Crippen molar-refractivity contribution < 1.29 is 4.79 Å². The molecule has 1 amide bonds. The number of rotatable bonds is 3. The summed E-state index contributed by atoms with van der Waals surface area (Å²) in [4.78, 5) is 11.8. The maximum absolute atomic E-state index is 11.8. The molecule has 0 fully saturated rings. The zero-order valence-electron chi connectivity index (χ0n) is 9.87. The number of halogens is 1. The number of carbonyl (C=O) groups excluding carboxylic acids is 1. The van der Waals surface area contributed by atoms with E-state index < -0.39 is 0 Å². The van der Waals surface area contributed by atoms with Gasteiger partial charge in [-0.25, -0.2) is 0 Å². The van der Waals surface area contributed by atoms with E-state index in [1.54, 1.807) is 6.07 Å². The Kier molecular flexibility index (Phi) is 3.85. The average Bonchev–Trinajstić information content (AvgIpc) is 2.76. The molecule has 0 unspecified atom stereocenters. The smallest absolute Gasteiger partial charge is 0.224 e. The van der Waals surface area contributed by atoms with Crippen LogP contribution in [0.5, 0.6) is 0 Å². The van der Waals surface area contributed by atoms with Crippen molar-refractivity contribution in [2.75, 3.05) is 5.32 Å². The fraction of sp³-hybridized carbons (Fsp3) is 0.357. The van der Waals surface area contributed by atoms with Gasteiger partial charge in [-0.3, -0.25) is 4.79 Å². The number of allylic oxidation sites excluding steroid dienone is 2. The highest BCUT2D eigenvalue weighted by Crippen LogP contribution is 2.23. The number of hydrogen-bond donors (Lipinski definition) is 1. The molecule has 1 N–H and O–H groups in total. The van der Waals surface area contributed by atoms with E-state index in [0.717, 1.165) is 24.1 Å². The summed E-state index contributed by atoms with van der Waals surface area (Å²) in [6.07, 6.45) is 7.00. The van der Waals surface area contributed by atoms with Crippen molar-refractivity contribution in [3.8, 4) is 0 Å². The fourth-order valence-corrected chi connectivity index (χ4v) is 2.17. The van der Waals surface area contributed by atoms with Gasteiger partial charge in [0.05, 0.1) is 0 Å². The van der Waals surface area contributed by atoms with Crippen LogP contribution in [0.4, 0.5) is 5.69 Å². The summed E-state index contributed by atoms with van der Waals surface area (Å²) in [6, 6.07) is 5.58. The van der Waals surface area contributed by atoms with Gasteiger partial charge in [-0.05, 0) is 43.4 Å². The monoisotopic (exact) mass is 249 g/mol. The third-order valence-corrected chi connectivity index (χ3v) is 3.42. The Balaban J connectivity index is 1.93. The summed E-state index contributed by atoms with van der Waals surface area (Å²) in [5.74, 6) is 0.456. The van der Waals surface area contributed by atoms with Gasteiger partial charge >= 0.3 is 0 Å². The Morgan fingerprint density at radius 3 is 3.00 bits per heavy atom. The highest BCUT2D eigenvalue weighted by atomic mass is 35.5. The Hall–Kier alpha value is -1.28. The van der Waals surface area contributed by atoms with Gasteiger partial charge in [-0.1, -0.05) is 29.8 Å². The van der Waals surface area contributed by atoms with E-state index in [-0.39, 0.29) is 5.91 Å². The van der Waals surface area contributed by atoms with Crippen molar-refractivity contribution >= 4 is 23.2 Å². The molecule has 0 bridgehead atoms. The molecule has 0 saturated heterocycles. The summed E-state index contributed by atoms with van der Waals surface area (Å²) in [6.45, 7) is 1.94. The molecule has 1 aromatic rings. The van der Waals surface area contributed by atoms with E-state index in [2.05, 4.69) is 17.5 Å². The quantitative estimate of drug-likeness (QED) is 0.808. The average molecular weight is 250 g/mol. The van der Waals surface area contributed by atoms with Crippen LogP contribution in [0, 0.1) is 12.8 Å². The van der Waals surface area contributed by atoms with Gasteiger partial charge in [-0.15, -0.1) is 0 Å². The number of hydrogen-bond acceptors (Lipinski definition) is 1. The molecule has 0 aliphatic heterocycles. The van der Waals surface area contributed by atoms with Gasteiger partial charge < -0.3 is 5.32 Å². The number of aryl methyl sites for hydroxylation is 1. The summed E-state index contributed by atoms with van der Waals surface area (Å²) in [7, 11) is 0. The van der Waals surface area contributed by atoms with Crippen LogP contribution in [0.15, 0.2) is 30.4 Å². The number of amides is 1. The Labute approximate surface area is 107 Å². The third-order valence-electron chi connectivity index (χ3n) is 3.02. The third kappa shape index (κ3) is 3.34. The van der Waals surface area contributed by atoms with Crippen LogP contribution < -0.4 is 5.32 Å². The molecule has 17 heavy (non-hydrogen) atoms. The fourth-order valence-electron chi connectivity index (χ4n) is 1.99. The van der Waals surface area contributed by atoms with Crippen molar-refractivity contribution in [1.29, 1.82) is 0 Å². The van der Waals surface area contributed by atoms with Gasteiger partial charge in [0.15, 0.2) is 0 Å². The number of nitrogens with one attached hydrogen (secondary N) is 1. The first-order chi connectivity index (χ1) is 8.15. The molecular formula is C14H16ClNO. The first-order valence-electron chi connectivity index (χ1n) is 5.88. The molecule has 1 aromatic carbocycles. The van der Waals surface area contributed by atoms with Crippen LogP contribution in [-0.2, 0) is 4.79 Å². The standard InChI is InChI=1S/C14H16ClNO/c1-10-6-7-12(9-13(10)15)16-14(17)8-11-4-2-3-5-11/h2,4,6-7,9,11H,3,5,8H2,1H3,(H,16,17)/t11-/m1/s1. The molecule has 1 aliphatic rings. The molecular weight excluding hydrogens is 234 g/mol. The second-order valence-corrected chi connectivity index (χ2v) is 4.89. The highest BCUT2D eigenvalue weighted by molar-refractivity contribution is 6.31. The zero-order valence-corrected chi connectivity index (χ0v) is 10.6. The zero-order chi connectivity index (χ0) is 12.3. The van der Waals surface area contributed by atoms with Gasteiger partial charge in [0.1, 0.15) is 0 Å². The first kappa shape index (κ1) is 12.2. The lowest BCUT2D eigenvalue weighted by atomic mass is 10.1. The lowest BCUT2D eigenvalue weighted by Crippen LogP contribution is -2.14. The molecule has 2 rings (SSSR count). The van der Waals surface area contributed by atoms with Gasteiger partial charge in [-0.2, -0.15) is 0 Å². The molecule has 0 radical (unpaired) electrons. The summed E-state index contributed by atoms with van der Waals surface area (Å²) in [5.41, 5.74) is 1.79. The van der Waals surface area contributed by atoms with Gasteiger partial charge in [0.25, 0.3) is 0 Å². The topological polar surface area (TPSA) is 29.1 Å². The molecule has 0 aromatic heterocycles. The van der Waals surface area contributed by atoms with E-state index >= 15 is 0 Å². The second kappa shape index (κ2) is 5.37. The van der Waals surface area contributed by atoms with E-state index in [4.69, 9.17) is 11.6 Å². The first-order valence-corrected chi connectivity index (χ1v) is 6.25. The maximum atomic E-state index is 11.8. The summed E-state index contributed by atoms with van der Waals surface area (Å²) in [5, 5.41) is 3.56. The van der Waals surface area contributed by atoms with Crippen molar-refractivity contribution in [2.45, 2.75) is 26.2 Å². The minimum atomic E-state index is 0.0569. The molecule has 0 spiro atoms. The molecule has 1 atom stereocenters. The molecule has 0 saturated carbocycles. The summed E-state index contributed by atoms with van der Waals surface area (Å²) >= 11 is 6.01.